The Morgan fingerprint density at radius 1 is 0.346 bits per heavy atom. The number of aliphatic carboxylic acids is 6. The SMILES string of the molecule is O=C(O)/C=C/C(=O)O.O=C(O)/C=C/C(=O)O.O=C(O)/C=C/C(=O)O.[Yb].[Yb]. The van der Waals surface area contributed by atoms with Crippen molar-refractivity contribution in [2.24, 2.45) is 0 Å². The first-order valence-electron chi connectivity index (χ1n) is 5.30. The fraction of sp³-hybridized carbons (Fsp3) is 0. The predicted molar refractivity (Wildman–Crippen MR) is 73.2 cm³/mol. The van der Waals surface area contributed by atoms with Gasteiger partial charge in [-0.05, 0) is 0 Å². The Labute approximate surface area is 222 Å². The Kier molecular flexibility index (Phi) is 33.4. The molecule has 0 aromatic heterocycles. The van der Waals surface area contributed by atoms with Gasteiger partial charge >= 0.3 is 35.8 Å². The van der Waals surface area contributed by atoms with E-state index in [2.05, 4.69) is 0 Å². The Hall–Kier alpha value is -0.921. The molecule has 0 aliphatic carbocycles. The molecule has 6 N–H and O–H groups in total. The summed E-state index contributed by atoms with van der Waals surface area (Å²) < 4.78 is 0. The second-order valence-electron chi connectivity index (χ2n) is 3.03. The van der Waals surface area contributed by atoms with Crippen molar-refractivity contribution < 1.29 is 153 Å². The van der Waals surface area contributed by atoms with Crippen LogP contribution in [0.25, 0.3) is 0 Å². The quantitative estimate of drug-likeness (QED) is 0.187. The third-order valence-electron chi connectivity index (χ3n) is 1.11. The zero-order chi connectivity index (χ0) is 19.7. The van der Waals surface area contributed by atoms with Crippen LogP contribution in [0.4, 0.5) is 0 Å². The molecule has 0 aromatic rings. The molecule has 0 saturated carbocycles. The Morgan fingerprint density at radius 3 is 0.462 bits per heavy atom. The fourth-order valence-electron chi connectivity index (χ4n) is 0.428. The number of carboxylic acid groups (broad SMARTS) is 6. The predicted octanol–water partition coefficient (Wildman–Crippen LogP) is -0.865. The summed E-state index contributed by atoms with van der Waals surface area (Å²) in [6, 6.07) is 0. The molecule has 0 atom stereocenters. The second kappa shape index (κ2) is 24.1. The molecule has 0 bridgehead atoms. The van der Waals surface area contributed by atoms with E-state index in [9.17, 15) is 28.8 Å². The van der Waals surface area contributed by atoms with Gasteiger partial charge in [0, 0.05) is 130 Å². The van der Waals surface area contributed by atoms with Gasteiger partial charge in [0.2, 0.25) is 0 Å². The Balaban J connectivity index is -0.0000000817. The van der Waals surface area contributed by atoms with Crippen LogP contribution in [0, 0.1) is 93.8 Å². The first-order chi connectivity index (χ1) is 10.9. The van der Waals surface area contributed by atoms with Crippen molar-refractivity contribution in [1.29, 1.82) is 0 Å². The van der Waals surface area contributed by atoms with Gasteiger partial charge in [0.1, 0.15) is 0 Å². The molecule has 0 amide bonds. The first-order valence-corrected chi connectivity index (χ1v) is 5.30. The molecule has 0 radical (unpaired) electrons. The summed E-state index contributed by atoms with van der Waals surface area (Å²) in [7, 11) is 0. The van der Waals surface area contributed by atoms with Crippen molar-refractivity contribution in [3.8, 4) is 0 Å². The third-order valence-corrected chi connectivity index (χ3v) is 1.11. The average Bonchev–Trinajstić information content (AvgIpc) is 2.42. The minimum absolute atomic E-state index is 0. The molecule has 0 aromatic carbocycles. The molecule has 0 fully saturated rings. The summed E-state index contributed by atoms with van der Waals surface area (Å²) >= 11 is 0. The van der Waals surface area contributed by atoms with E-state index in [0.29, 0.717) is 36.5 Å². The first kappa shape index (κ1) is 36.1. The molecule has 26 heavy (non-hydrogen) atoms. The standard InChI is InChI=1S/3C4H4O4.2Yb/c3*5-3(6)1-2-4(7)8;;/h3*1-2H,(H,5,6)(H,7,8);;/b3*2-1+;;. The van der Waals surface area contributed by atoms with Crippen LogP contribution in [0.1, 0.15) is 0 Å². The summed E-state index contributed by atoms with van der Waals surface area (Å²) in [4.78, 5) is 57.3. The zero-order valence-electron chi connectivity index (χ0n) is 12.1. The average molecular weight is 694 g/mol. The van der Waals surface area contributed by atoms with E-state index < -0.39 is 35.8 Å². The van der Waals surface area contributed by atoms with Crippen LogP contribution in [0.2, 0.25) is 0 Å². The second-order valence-corrected chi connectivity index (χ2v) is 3.03. The minimum Gasteiger partial charge on any atom is -0.478 e. The van der Waals surface area contributed by atoms with Gasteiger partial charge in [-0.15, -0.1) is 0 Å². The summed E-state index contributed by atoms with van der Waals surface area (Å²) in [6.45, 7) is 0. The van der Waals surface area contributed by atoms with Gasteiger partial charge in [-0.1, -0.05) is 0 Å². The van der Waals surface area contributed by atoms with E-state index in [1.165, 1.54) is 0 Å². The Bertz CT molecular complexity index is 448. The van der Waals surface area contributed by atoms with Crippen LogP contribution >= 0.6 is 0 Å². The number of hydrogen-bond acceptors (Lipinski definition) is 6. The van der Waals surface area contributed by atoms with E-state index in [1.54, 1.807) is 0 Å². The van der Waals surface area contributed by atoms with Crippen molar-refractivity contribution >= 4 is 35.8 Å². The van der Waals surface area contributed by atoms with Crippen molar-refractivity contribution in [2.75, 3.05) is 0 Å². The molecule has 0 rings (SSSR count). The van der Waals surface area contributed by atoms with Crippen molar-refractivity contribution in [3.05, 3.63) is 36.5 Å². The van der Waals surface area contributed by atoms with Crippen molar-refractivity contribution in [1.82, 2.24) is 0 Å². The summed E-state index contributed by atoms with van der Waals surface area (Å²) in [6.07, 6.45) is 3.35. The largest absolute Gasteiger partial charge is 0.478 e. The molecule has 0 aliphatic heterocycles. The molecule has 14 heteroatoms. The Morgan fingerprint density at radius 2 is 0.423 bits per heavy atom. The van der Waals surface area contributed by atoms with E-state index in [1.807, 2.05) is 0 Å². The van der Waals surface area contributed by atoms with Gasteiger partial charge in [-0.25, -0.2) is 28.8 Å². The summed E-state index contributed by atoms with van der Waals surface area (Å²) in [5.74, 6) is -7.54. The molecule has 160 valence electrons. The van der Waals surface area contributed by atoms with Gasteiger partial charge in [-0.3, -0.25) is 0 Å². The van der Waals surface area contributed by atoms with Gasteiger partial charge in [0.25, 0.3) is 0 Å². The van der Waals surface area contributed by atoms with E-state index in [-0.39, 0.29) is 93.8 Å². The van der Waals surface area contributed by atoms with Gasteiger partial charge in [0.05, 0.1) is 0 Å². The van der Waals surface area contributed by atoms with Gasteiger partial charge < -0.3 is 30.6 Å². The van der Waals surface area contributed by atoms with Crippen molar-refractivity contribution in [3.63, 3.8) is 0 Å². The van der Waals surface area contributed by atoms with Crippen LogP contribution in [-0.4, -0.2) is 66.5 Å². The maximum absolute atomic E-state index is 9.55. The van der Waals surface area contributed by atoms with Gasteiger partial charge in [-0.2, -0.15) is 0 Å². The van der Waals surface area contributed by atoms with Gasteiger partial charge in [0.15, 0.2) is 0 Å². The number of carbonyl (C=O) groups is 6. The van der Waals surface area contributed by atoms with Crippen LogP contribution in [-0.2, 0) is 28.8 Å². The third kappa shape index (κ3) is 56.8. The molecular formula is C12H12O12Yb2. The van der Waals surface area contributed by atoms with Crippen LogP contribution < -0.4 is 0 Å². The smallest absolute Gasteiger partial charge is 0.328 e. The number of hydrogen-bond donors (Lipinski definition) is 6. The fourth-order valence-corrected chi connectivity index (χ4v) is 0.428. The van der Waals surface area contributed by atoms with Crippen LogP contribution in [0.3, 0.4) is 0 Å². The molecule has 0 saturated heterocycles. The molecule has 0 unspecified atom stereocenters. The van der Waals surface area contributed by atoms with Crippen LogP contribution in [0.15, 0.2) is 36.5 Å². The number of rotatable bonds is 6. The van der Waals surface area contributed by atoms with Crippen molar-refractivity contribution in [2.45, 2.75) is 0 Å². The minimum atomic E-state index is -1.26. The maximum Gasteiger partial charge on any atom is 0.328 e. The van der Waals surface area contributed by atoms with E-state index in [4.69, 9.17) is 30.6 Å². The topological polar surface area (TPSA) is 224 Å². The molecular weight excluding hydrogens is 682 g/mol. The molecule has 0 spiro atoms. The molecule has 0 heterocycles. The summed E-state index contributed by atoms with van der Waals surface area (Å²) in [5.41, 5.74) is 0. The number of carboxylic acids is 6. The van der Waals surface area contributed by atoms with Crippen LogP contribution in [0.5, 0.6) is 0 Å². The maximum atomic E-state index is 9.55. The normalized spacial score (nSPS) is 8.77. The van der Waals surface area contributed by atoms with E-state index >= 15 is 0 Å². The molecule has 0 aliphatic rings. The summed E-state index contributed by atoms with van der Waals surface area (Å²) in [5, 5.41) is 46.9. The van der Waals surface area contributed by atoms with E-state index in [0.717, 1.165) is 0 Å². The molecule has 12 nitrogen and oxygen atoms in total. The monoisotopic (exact) mass is 696 g/mol. The zero-order valence-corrected chi connectivity index (χ0v) is 15.6.